The molecule has 2 rings (SSSR count). The summed E-state index contributed by atoms with van der Waals surface area (Å²) in [7, 11) is 0. The first-order valence-electron chi connectivity index (χ1n) is 6.45. The maximum atomic E-state index is 12.0. The van der Waals surface area contributed by atoms with Crippen LogP contribution in [-0.2, 0) is 17.6 Å². The molecule has 3 nitrogen and oxygen atoms in total. The molecule has 3 heteroatoms. The smallest absolute Gasteiger partial charge is 0.303 e. The molecule has 1 aromatic carbocycles. The molecule has 96 valence electrons. The Morgan fingerprint density at radius 2 is 1.72 bits per heavy atom. The first-order chi connectivity index (χ1) is 8.58. The SMILES string of the molecule is Cc1cc2c(cc1C(=O)CCC(=O)O)CCCC2. The monoisotopic (exact) mass is 246 g/mol. The van der Waals surface area contributed by atoms with Crippen molar-refractivity contribution < 1.29 is 14.7 Å². The lowest BCUT2D eigenvalue weighted by Gasteiger charge is -2.18. The zero-order valence-electron chi connectivity index (χ0n) is 10.7. The van der Waals surface area contributed by atoms with Crippen molar-refractivity contribution in [3.05, 3.63) is 34.4 Å². The van der Waals surface area contributed by atoms with Gasteiger partial charge in [0.2, 0.25) is 0 Å². The Hall–Kier alpha value is -1.64. The third-order valence-corrected chi connectivity index (χ3v) is 3.56. The number of fused-ring (bicyclic) bond motifs is 1. The van der Waals surface area contributed by atoms with Gasteiger partial charge in [0.25, 0.3) is 0 Å². The number of carbonyl (C=O) groups is 2. The number of carboxylic acids is 1. The highest BCUT2D eigenvalue weighted by atomic mass is 16.4. The fourth-order valence-electron chi connectivity index (χ4n) is 2.56. The van der Waals surface area contributed by atoms with Gasteiger partial charge >= 0.3 is 5.97 Å². The van der Waals surface area contributed by atoms with Gasteiger partial charge < -0.3 is 5.11 Å². The van der Waals surface area contributed by atoms with E-state index in [1.807, 2.05) is 13.0 Å². The lowest BCUT2D eigenvalue weighted by atomic mass is 9.87. The van der Waals surface area contributed by atoms with Crippen LogP contribution in [0.4, 0.5) is 0 Å². The Morgan fingerprint density at radius 1 is 1.11 bits per heavy atom. The molecule has 0 bridgehead atoms. The van der Waals surface area contributed by atoms with Crippen molar-refractivity contribution in [1.82, 2.24) is 0 Å². The van der Waals surface area contributed by atoms with Crippen molar-refractivity contribution in [3.63, 3.8) is 0 Å². The van der Waals surface area contributed by atoms with Gasteiger partial charge in [0.15, 0.2) is 5.78 Å². The second-order valence-corrected chi connectivity index (χ2v) is 4.96. The van der Waals surface area contributed by atoms with Crippen LogP contribution < -0.4 is 0 Å². The van der Waals surface area contributed by atoms with E-state index in [9.17, 15) is 9.59 Å². The Morgan fingerprint density at radius 3 is 2.33 bits per heavy atom. The Balaban J connectivity index is 2.22. The van der Waals surface area contributed by atoms with Crippen LogP contribution in [-0.4, -0.2) is 16.9 Å². The van der Waals surface area contributed by atoms with Crippen molar-refractivity contribution in [3.8, 4) is 0 Å². The molecule has 0 aromatic heterocycles. The zero-order chi connectivity index (χ0) is 13.1. The molecular formula is C15H18O3. The zero-order valence-corrected chi connectivity index (χ0v) is 10.7. The number of hydrogen-bond acceptors (Lipinski definition) is 2. The van der Waals surface area contributed by atoms with Gasteiger partial charge in [-0.05, 0) is 55.4 Å². The third-order valence-electron chi connectivity index (χ3n) is 3.56. The molecule has 0 aliphatic heterocycles. The summed E-state index contributed by atoms with van der Waals surface area (Å²) in [6, 6.07) is 4.08. The summed E-state index contributed by atoms with van der Waals surface area (Å²) < 4.78 is 0. The van der Waals surface area contributed by atoms with Gasteiger partial charge in [-0.3, -0.25) is 9.59 Å². The van der Waals surface area contributed by atoms with Crippen LogP contribution >= 0.6 is 0 Å². The molecule has 18 heavy (non-hydrogen) atoms. The van der Waals surface area contributed by atoms with E-state index in [4.69, 9.17) is 5.11 Å². The summed E-state index contributed by atoms with van der Waals surface area (Å²) in [5, 5.41) is 8.62. The maximum absolute atomic E-state index is 12.0. The van der Waals surface area contributed by atoms with E-state index in [0.29, 0.717) is 5.56 Å². The van der Waals surface area contributed by atoms with Crippen molar-refractivity contribution in [1.29, 1.82) is 0 Å². The second kappa shape index (κ2) is 5.34. The van der Waals surface area contributed by atoms with E-state index in [1.165, 1.54) is 24.0 Å². The molecule has 0 radical (unpaired) electrons. The fraction of sp³-hybridized carbons (Fsp3) is 0.467. The number of hydrogen-bond donors (Lipinski definition) is 1. The summed E-state index contributed by atoms with van der Waals surface area (Å²) in [4.78, 5) is 22.5. The van der Waals surface area contributed by atoms with Crippen LogP contribution in [0.15, 0.2) is 12.1 Å². The van der Waals surface area contributed by atoms with Gasteiger partial charge in [-0.2, -0.15) is 0 Å². The first kappa shape index (κ1) is 12.8. The molecule has 0 spiro atoms. The van der Waals surface area contributed by atoms with Gasteiger partial charge in [-0.15, -0.1) is 0 Å². The summed E-state index contributed by atoms with van der Waals surface area (Å²) in [5.41, 5.74) is 4.31. The minimum Gasteiger partial charge on any atom is -0.481 e. The third kappa shape index (κ3) is 2.78. The van der Waals surface area contributed by atoms with E-state index in [2.05, 4.69) is 6.07 Å². The van der Waals surface area contributed by atoms with Gasteiger partial charge in [0, 0.05) is 12.0 Å². The maximum Gasteiger partial charge on any atom is 0.303 e. The van der Waals surface area contributed by atoms with Gasteiger partial charge in [-0.25, -0.2) is 0 Å². The van der Waals surface area contributed by atoms with Crippen molar-refractivity contribution in [2.75, 3.05) is 0 Å². The molecule has 1 N–H and O–H groups in total. The topological polar surface area (TPSA) is 54.4 Å². The largest absolute Gasteiger partial charge is 0.481 e. The number of benzene rings is 1. The Labute approximate surface area is 107 Å². The van der Waals surface area contributed by atoms with E-state index in [1.54, 1.807) is 0 Å². The lowest BCUT2D eigenvalue weighted by Crippen LogP contribution is -2.10. The highest BCUT2D eigenvalue weighted by molar-refractivity contribution is 5.99. The van der Waals surface area contributed by atoms with E-state index in [0.717, 1.165) is 18.4 Å². The average molecular weight is 246 g/mol. The number of aryl methyl sites for hydroxylation is 3. The standard InChI is InChI=1S/C15H18O3/c1-10-8-11-4-2-3-5-12(11)9-13(10)14(16)6-7-15(17)18/h8-9H,2-7H2,1H3,(H,17,18). The molecule has 0 saturated carbocycles. The Kier molecular flexibility index (Phi) is 3.80. The molecular weight excluding hydrogens is 228 g/mol. The van der Waals surface area contributed by atoms with Crippen molar-refractivity contribution in [2.24, 2.45) is 0 Å². The number of carboxylic acid groups (broad SMARTS) is 1. The van der Waals surface area contributed by atoms with Crippen LogP contribution in [0.3, 0.4) is 0 Å². The lowest BCUT2D eigenvalue weighted by molar-refractivity contribution is -0.136. The normalized spacial score (nSPS) is 14.1. The predicted molar refractivity (Wildman–Crippen MR) is 69.0 cm³/mol. The highest BCUT2D eigenvalue weighted by Crippen LogP contribution is 2.25. The molecule has 0 amide bonds. The number of rotatable bonds is 4. The van der Waals surface area contributed by atoms with Crippen molar-refractivity contribution >= 4 is 11.8 Å². The van der Waals surface area contributed by atoms with E-state index < -0.39 is 5.97 Å². The fourth-order valence-corrected chi connectivity index (χ4v) is 2.56. The molecule has 0 atom stereocenters. The van der Waals surface area contributed by atoms with Gasteiger partial charge in [0.05, 0.1) is 6.42 Å². The molecule has 1 aromatic rings. The summed E-state index contributed by atoms with van der Waals surface area (Å²) in [6.45, 7) is 1.93. The van der Waals surface area contributed by atoms with E-state index in [-0.39, 0.29) is 18.6 Å². The van der Waals surface area contributed by atoms with Crippen molar-refractivity contribution in [2.45, 2.75) is 45.4 Å². The minimum absolute atomic E-state index is 0.0525. The molecule has 1 aliphatic carbocycles. The number of aliphatic carboxylic acids is 1. The summed E-state index contributed by atoms with van der Waals surface area (Å²) in [6.07, 6.45) is 4.54. The average Bonchev–Trinajstić information content (AvgIpc) is 2.35. The highest BCUT2D eigenvalue weighted by Gasteiger charge is 2.16. The number of ketones is 1. The summed E-state index contributed by atoms with van der Waals surface area (Å²) >= 11 is 0. The Bertz CT molecular complexity index is 489. The first-order valence-corrected chi connectivity index (χ1v) is 6.45. The van der Waals surface area contributed by atoms with Crippen LogP contribution in [0, 0.1) is 6.92 Å². The molecule has 1 aliphatic rings. The molecule has 0 fully saturated rings. The number of Topliss-reactive ketones (excluding diaryl/α,β-unsaturated/α-hetero) is 1. The van der Waals surface area contributed by atoms with Crippen LogP contribution in [0.2, 0.25) is 0 Å². The molecule has 0 unspecified atom stereocenters. The van der Waals surface area contributed by atoms with E-state index >= 15 is 0 Å². The van der Waals surface area contributed by atoms with Gasteiger partial charge in [-0.1, -0.05) is 6.07 Å². The summed E-state index contributed by atoms with van der Waals surface area (Å²) in [5.74, 6) is -0.970. The molecule has 0 saturated heterocycles. The second-order valence-electron chi connectivity index (χ2n) is 4.96. The van der Waals surface area contributed by atoms with Gasteiger partial charge in [0.1, 0.15) is 0 Å². The predicted octanol–water partition coefficient (Wildman–Crippen LogP) is 2.92. The quantitative estimate of drug-likeness (QED) is 0.831. The number of carbonyl (C=O) groups excluding carboxylic acids is 1. The van der Waals surface area contributed by atoms with Crippen LogP contribution in [0.5, 0.6) is 0 Å². The van der Waals surface area contributed by atoms with Crippen LogP contribution in [0.1, 0.15) is 52.7 Å². The van der Waals surface area contributed by atoms with Crippen LogP contribution in [0.25, 0.3) is 0 Å². The molecule has 0 heterocycles. The minimum atomic E-state index is -0.918.